The van der Waals surface area contributed by atoms with Crippen LogP contribution in [0.25, 0.3) is 11.3 Å². The van der Waals surface area contributed by atoms with E-state index in [1.54, 1.807) is 30.5 Å². The van der Waals surface area contributed by atoms with Gasteiger partial charge in [-0.05, 0) is 39.7 Å². The Morgan fingerprint density at radius 1 is 1.26 bits per heavy atom. The number of ether oxygens (including phenoxy) is 1. The first kappa shape index (κ1) is 24.8. The van der Waals surface area contributed by atoms with Gasteiger partial charge >= 0.3 is 12.1 Å². The average molecular weight is 547 g/mol. The zero-order valence-electron chi connectivity index (χ0n) is 17.6. The van der Waals surface area contributed by atoms with Crippen LogP contribution >= 0.6 is 27.5 Å². The summed E-state index contributed by atoms with van der Waals surface area (Å²) in [5, 5.41) is 16.4. The predicted octanol–water partition coefficient (Wildman–Crippen LogP) is 3.55. The van der Waals surface area contributed by atoms with Crippen LogP contribution in [-0.4, -0.2) is 46.3 Å². The number of ketones is 1. The quantitative estimate of drug-likeness (QED) is 0.301. The molecule has 3 N–H and O–H groups in total. The molecule has 3 aromatic rings. The number of carbonyl (C=O) groups is 3. The van der Waals surface area contributed by atoms with Crippen molar-refractivity contribution in [2.45, 2.75) is 6.42 Å². The van der Waals surface area contributed by atoms with Gasteiger partial charge < -0.3 is 10.1 Å². The van der Waals surface area contributed by atoms with Gasteiger partial charge in [-0.3, -0.25) is 15.2 Å². The van der Waals surface area contributed by atoms with Crippen molar-refractivity contribution in [2.24, 2.45) is 0 Å². The minimum atomic E-state index is -0.771. The lowest BCUT2D eigenvalue weighted by atomic mass is 10.0. The number of nitrogens with zero attached hydrogens (tertiary/aromatic N) is 4. The number of hydrogen-bond donors (Lipinski definition) is 3. The van der Waals surface area contributed by atoms with E-state index in [-0.39, 0.29) is 24.2 Å². The van der Waals surface area contributed by atoms with E-state index in [2.05, 4.69) is 46.9 Å². The molecule has 1 aromatic carbocycles. The molecule has 2 amide bonds. The van der Waals surface area contributed by atoms with E-state index < -0.39 is 17.9 Å². The molecule has 0 saturated heterocycles. The van der Waals surface area contributed by atoms with Crippen LogP contribution in [0.2, 0.25) is 5.02 Å². The van der Waals surface area contributed by atoms with Gasteiger partial charge in [-0.25, -0.2) is 15.0 Å². The van der Waals surface area contributed by atoms with Gasteiger partial charge in [-0.15, -0.1) is 0 Å². The summed E-state index contributed by atoms with van der Waals surface area (Å²) in [4.78, 5) is 41.1. The number of anilines is 1. The summed E-state index contributed by atoms with van der Waals surface area (Å²) < 4.78 is 5.78. The molecule has 0 bridgehead atoms. The number of nitriles is 1. The molecule has 0 spiro atoms. The monoisotopic (exact) mass is 545 g/mol. The van der Waals surface area contributed by atoms with Gasteiger partial charge in [0.25, 0.3) is 0 Å². The summed E-state index contributed by atoms with van der Waals surface area (Å²) in [5.74, 6) is -0.450. The number of benzene rings is 1. The number of methoxy groups -OCH3 is 1. The number of carbonyl (C=O) groups excluding carboxylic acids is 3. The van der Waals surface area contributed by atoms with E-state index in [4.69, 9.17) is 11.6 Å². The van der Waals surface area contributed by atoms with Crippen LogP contribution in [0.4, 0.5) is 15.3 Å². The molecule has 0 aliphatic rings. The Bertz CT molecular complexity index is 1290. The molecule has 34 heavy (non-hydrogen) atoms. The van der Waals surface area contributed by atoms with Crippen LogP contribution in [-0.2, 0) is 11.2 Å². The molecule has 0 radical (unpaired) electrons. The summed E-state index contributed by atoms with van der Waals surface area (Å²) in [6, 6.07) is 9.37. The number of para-hydroxylation sites is 1. The molecule has 2 aromatic heterocycles. The van der Waals surface area contributed by atoms with Crippen molar-refractivity contribution in [3.05, 3.63) is 63.5 Å². The van der Waals surface area contributed by atoms with E-state index in [0.717, 1.165) is 4.68 Å². The van der Waals surface area contributed by atoms with E-state index in [1.165, 1.54) is 19.4 Å². The lowest BCUT2D eigenvalue weighted by Crippen LogP contribution is -2.40. The van der Waals surface area contributed by atoms with Crippen molar-refractivity contribution < 1.29 is 19.1 Å². The minimum Gasteiger partial charge on any atom is -0.452 e. The maximum Gasteiger partial charge on any atom is 0.421 e. The Labute approximate surface area is 207 Å². The SMILES string of the molecule is COC(=O)NNCC(=O)c1cccc(CC#N)c1NC(=O)n1cc(-c2ncccc2Cl)c(Br)n1. The van der Waals surface area contributed by atoms with Crippen molar-refractivity contribution in [3.8, 4) is 17.3 Å². The Morgan fingerprint density at radius 2 is 2.06 bits per heavy atom. The molecular formula is C21H17BrClN7O4. The number of halogens is 2. The molecule has 11 nitrogen and oxygen atoms in total. The molecule has 0 aliphatic carbocycles. The highest BCUT2D eigenvalue weighted by molar-refractivity contribution is 9.10. The van der Waals surface area contributed by atoms with Crippen LogP contribution in [0.5, 0.6) is 0 Å². The highest BCUT2D eigenvalue weighted by atomic mass is 79.9. The third-order valence-electron chi connectivity index (χ3n) is 4.47. The normalized spacial score (nSPS) is 10.3. The first-order valence-corrected chi connectivity index (χ1v) is 10.8. The van der Waals surface area contributed by atoms with E-state index in [9.17, 15) is 19.6 Å². The molecular weight excluding hydrogens is 530 g/mol. The number of nitrogens with one attached hydrogen (secondary N) is 3. The van der Waals surface area contributed by atoms with E-state index >= 15 is 0 Å². The van der Waals surface area contributed by atoms with Gasteiger partial charge in [0.2, 0.25) is 0 Å². The van der Waals surface area contributed by atoms with Crippen molar-refractivity contribution in [1.82, 2.24) is 25.6 Å². The van der Waals surface area contributed by atoms with Gasteiger partial charge in [0.1, 0.15) is 4.60 Å². The van der Waals surface area contributed by atoms with Crippen LogP contribution in [0.3, 0.4) is 0 Å². The largest absolute Gasteiger partial charge is 0.452 e. The second-order valence-corrected chi connectivity index (χ2v) is 7.77. The van der Waals surface area contributed by atoms with Crippen molar-refractivity contribution >= 4 is 51.1 Å². The number of rotatable bonds is 7. The average Bonchev–Trinajstić information content (AvgIpc) is 3.21. The third-order valence-corrected chi connectivity index (χ3v) is 5.36. The van der Waals surface area contributed by atoms with Crippen molar-refractivity contribution in [2.75, 3.05) is 19.0 Å². The fraction of sp³-hybridized carbons (Fsp3) is 0.143. The van der Waals surface area contributed by atoms with E-state index in [0.29, 0.717) is 26.4 Å². The highest BCUT2D eigenvalue weighted by Crippen LogP contribution is 2.31. The Hall–Kier alpha value is -3.79. The molecule has 0 aliphatic heterocycles. The number of Topliss-reactive ketones (excluding diaryl/α,β-unsaturated/α-hetero) is 1. The summed E-state index contributed by atoms with van der Waals surface area (Å²) in [5.41, 5.74) is 6.26. The maximum atomic E-state index is 13.0. The van der Waals surface area contributed by atoms with Crippen molar-refractivity contribution in [1.29, 1.82) is 5.26 Å². The first-order valence-electron chi connectivity index (χ1n) is 9.62. The zero-order chi connectivity index (χ0) is 24.7. The number of hydrazine groups is 1. The van der Waals surface area contributed by atoms with Crippen LogP contribution in [0.1, 0.15) is 15.9 Å². The van der Waals surface area contributed by atoms with Crippen molar-refractivity contribution in [3.63, 3.8) is 0 Å². The number of aromatic nitrogens is 3. The summed E-state index contributed by atoms with van der Waals surface area (Å²) in [6.45, 7) is -0.288. The molecule has 0 unspecified atom stereocenters. The van der Waals surface area contributed by atoms with Crippen LogP contribution in [0, 0.1) is 11.3 Å². The topological polar surface area (TPSA) is 151 Å². The molecule has 174 valence electrons. The lowest BCUT2D eigenvalue weighted by Gasteiger charge is -2.14. The third kappa shape index (κ3) is 5.76. The Kier molecular flexibility index (Phi) is 8.31. The molecule has 0 fully saturated rings. The standard InChI is InChI=1S/C21H17BrClN7O4/c1-34-21(33)28-26-10-16(31)13-5-2-4-12(7-8-24)17(13)27-20(32)30-11-14(19(22)29-30)18-15(23)6-3-9-25-18/h2-6,9,11,26H,7,10H2,1H3,(H,27,32)(H,28,33). The highest BCUT2D eigenvalue weighted by Gasteiger charge is 2.20. The lowest BCUT2D eigenvalue weighted by molar-refractivity contribution is 0.0986. The van der Waals surface area contributed by atoms with Gasteiger partial charge in [0, 0.05) is 18.0 Å². The summed E-state index contributed by atoms with van der Waals surface area (Å²) >= 11 is 9.51. The molecule has 13 heteroatoms. The molecule has 3 rings (SSSR count). The van der Waals surface area contributed by atoms with Gasteiger partial charge in [-0.1, -0.05) is 23.7 Å². The van der Waals surface area contributed by atoms with Gasteiger partial charge in [-0.2, -0.15) is 15.0 Å². The second-order valence-electron chi connectivity index (χ2n) is 6.61. The van der Waals surface area contributed by atoms with E-state index in [1.807, 2.05) is 6.07 Å². The summed E-state index contributed by atoms with van der Waals surface area (Å²) in [7, 11) is 1.18. The van der Waals surface area contributed by atoms with Crippen LogP contribution < -0.4 is 16.2 Å². The van der Waals surface area contributed by atoms with Crippen LogP contribution in [0.15, 0.2) is 47.3 Å². The van der Waals surface area contributed by atoms with Gasteiger partial charge in [0.05, 0.1) is 48.1 Å². The number of hydrogen-bond acceptors (Lipinski definition) is 8. The zero-order valence-corrected chi connectivity index (χ0v) is 20.0. The minimum absolute atomic E-state index is 0.0534. The smallest absolute Gasteiger partial charge is 0.421 e. The second kappa shape index (κ2) is 11.4. The predicted molar refractivity (Wildman–Crippen MR) is 126 cm³/mol. The fourth-order valence-corrected chi connectivity index (χ4v) is 3.60. The first-order chi connectivity index (χ1) is 16.3. The Morgan fingerprint density at radius 3 is 2.76 bits per heavy atom. The number of pyridine rings is 1. The maximum absolute atomic E-state index is 13.0. The Balaban J connectivity index is 1.88. The fourth-order valence-electron chi connectivity index (χ4n) is 2.92. The molecule has 0 saturated carbocycles. The molecule has 0 atom stereocenters. The summed E-state index contributed by atoms with van der Waals surface area (Å²) in [6.07, 6.45) is 2.17. The van der Waals surface area contributed by atoms with Gasteiger partial charge in [0.15, 0.2) is 5.78 Å². The number of amides is 2. The molecule has 2 heterocycles.